The largest absolute Gasteiger partial charge is 0.396 e. The number of nitrogens with zero attached hydrogens (tertiary/aromatic N) is 2. The van der Waals surface area contributed by atoms with Crippen molar-refractivity contribution in [3.63, 3.8) is 0 Å². The van der Waals surface area contributed by atoms with Gasteiger partial charge in [-0.25, -0.2) is 8.42 Å². The first-order valence-electron chi connectivity index (χ1n) is 4.50. The van der Waals surface area contributed by atoms with Crippen LogP contribution in [0.1, 0.15) is 13.3 Å². The third kappa shape index (κ3) is 2.05. The summed E-state index contributed by atoms with van der Waals surface area (Å²) in [5.74, 6) is -0.473. The maximum Gasteiger partial charge on any atom is 0.227 e. The van der Waals surface area contributed by atoms with Crippen molar-refractivity contribution in [2.24, 2.45) is 5.92 Å². The van der Waals surface area contributed by atoms with E-state index < -0.39 is 15.8 Å². The van der Waals surface area contributed by atoms with Crippen molar-refractivity contribution in [2.75, 3.05) is 18.9 Å². The average Bonchev–Trinajstić information content (AvgIpc) is 2.47. The lowest BCUT2D eigenvalue weighted by Crippen LogP contribution is -2.37. The Morgan fingerprint density at radius 1 is 1.64 bits per heavy atom. The number of aliphatic hydroxyl groups is 1. The van der Waals surface area contributed by atoms with Gasteiger partial charge in [-0.05, 0) is 19.3 Å². The van der Waals surface area contributed by atoms with Crippen LogP contribution in [0.2, 0.25) is 0 Å². The van der Waals surface area contributed by atoms with Crippen molar-refractivity contribution in [1.82, 2.24) is 4.31 Å². The Morgan fingerprint density at radius 2 is 2.29 bits per heavy atom. The van der Waals surface area contributed by atoms with E-state index in [0.717, 1.165) is 0 Å². The summed E-state index contributed by atoms with van der Waals surface area (Å²) in [6, 6.07) is 1.45. The minimum absolute atomic E-state index is 0.000258. The van der Waals surface area contributed by atoms with Gasteiger partial charge in [0.05, 0.1) is 6.07 Å². The van der Waals surface area contributed by atoms with Crippen molar-refractivity contribution in [2.45, 2.75) is 19.4 Å². The molecule has 2 unspecified atom stereocenters. The molecule has 1 N–H and O–H groups in total. The standard InChI is InChI=1S/C8H14N2O3S/c1-7-8(6-11)2-4-10(7)14(12,13)5-3-9/h7-8,11H,2,4-6H2,1H3. The minimum Gasteiger partial charge on any atom is -0.396 e. The summed E-state index contributed by atoms with van der Waals surface area (Å²) >= 11 is 0. The monoisotopic (exact) mass is 218 g/mol. The van der Waals surface area contributed by atoms with Crippen LogP contribution in [0.5, 0.6) is 0 Å². The summed E-state index contributed by atoms with van der Waals surface area (Å²) in [4.78, 5) is 0. The normalized spacial score (nSPS) is 28.9. The summed E-state index contributed by atoms with van der Waals surface area (Å²) in [6.07, 6.45) is 0.669. The van der Waals surface area contributed by atoms with E-state index in [1.807, 2.05) is 0 Å². The Hall–Kier alpha value is -0.640. The predicted molar refractivity (Wildman–Crippen MR) is 50.8 cm³/mol. The number of sulfonamides is 1. The van der Waals surface area contributed by atoms with Gasteiger partial charge in [-0.3, -0.25) is 0 Å². The summed E-state index contributed by atoms with van der Waals surface area (Å²) < 4.78 is 24.4. The van der Waals surface area contributed by atoms with Crippen LogP contribution in [0.3, 0.4) is 0 Å². The highest BCUT2D eigenvalue weighted by atomic mass is 32.2. The quantitative estimate of drug-likeness (QED) is 0.695. The summed E-state index contributed by atoms with van der Waals surface area (Å²) in [7, 11) is -3.44. The van der Waals surface area contributed by atoms with E-state index in [1.165, 1.54) is 4.31 Å². The highest BCUT2D eigenvalue weighted by Crippen LogP contribution is 2.26. The Morgan fingerprint density at radius 3 is 2.71 bits per heavy atom. The number of hydrogen-bond donors (Lipinski definition) is 1. The van der Waals surface area contributed by atoms with Gasteiger partial charge in [-0.15, -0.1) is 0 Å². The molecule has 14 heavy (non-hydrogen) atoms. The molecule has 0 aliphatic carbocycles. The van der Waals surface area contributed by atoms with Crippen molar-refractivity contribution in [3.8, 4) is 6.07 Å². The highest BCUT2D eigenvalue weighted by Gasteiger charge is 2.37. The van der Waals surface area contributed by atoms with Gasteiger partial charge in [-0.1, -0.05) is 0 Å². The first-order chi connectivity index (χ1) is 6.53. The highest BCUT2D eigenvalue weighted by molar-refractivity contribution is 7.89. The fourth-order valence-electron chi connectivity index (χ4n) is 1.77. The van der Waals surface area contributed by atoms with Gasteiger partial charge in [0.2, 0.25) is 10.0 Å². The van der Waals surface area contributed by atoms with Crippen LogP contribution in [0.15, 0.2) is 0 Å². The molecule has 1 fully saturated rings. The molecule has 0 bridgehead atoms. The smallest absolute Gasteiger partial charge is 0.227 e. The number of hydrogen-bond acceptors (Lipinski definition) is 4. The Kier molecular flexibility index (Phi) is 3.48. The molecule has 0 amide bonds. The van der Waals surface area contributed by atoms with Crippen LogP contribution in [0, 0.1) is 17.2 Å². The van der Waals surface area contributed by atoms with E-state index in [-0.39, 0.29) is 18.6 Å². The van der Waals surface area contributed by atoms with Crippen LogP contribution in [0.25, 0.3) is 0 Å². The van der Waals surface area contributed by atoms with Crippen LogP contribution >= 0.6 is 0 Å². The molecular formula is C8H14N2O3S. The Labute approximate surface area is 84.0 Å². The Balaban J connectivity index is 2.78. The van der Waals surface area contributed by atoms with Gasteiger partial charge in [0.15, 0.2) is 5.75 Å². The van der Waals surface area contributed by atoms with E-state index in [2.05, 4.69) is 0 Å². The molecule has 1 aliphatic rings. The second-order valence-corrected chi connectivity index (χ2v) is 5.42. The van der Waals surface area contributed by atoms with E-state index in [0.29, 0.717) is 13.0 Å². The van der Waals surface area contributed by atoms with E-state index in [9.17, 15) is 8.42 Å². The predicted octanol–water partition coefficient (Wildman–Crippen LogP) is -0.458. The zero-order chi connectivity index (χ0) is 10.8. The molecule has 1 rings (SSSR count). The molecule has 0 saturated carbocycles. The maximum atomic E-state index is 11.5. The van der Waals surface area contributed by atoms with Crippen LogP contribution in [0.4, 0.5) is 0 Å². The summed E-state index contributed by atoms with van der Waals surface area (Å²) in [6.45, 7) is 2.18. The minimum atomic E-state index is -3.44. The van der Waals surface area contributed by atoms with Crippen LogP contribution < -0.4 is 0 Å². The number of aliphatic hydroxyl groups excluding tert-OH is 1. The lowest BCUT2D eigenvalue weighted by molar-refractivity contribution is 0.206. The van der Waals surface area contributed by atoms with Gasteiger partial charge in [0.25, 0.3) is 0 Å². The van der Waals surface area contributed by atoms with Crippen LogP contribution in [-0.4, -0.2) is 42.8 Å². The van der Waals surface area contributed by atoms with E-state index >= 15 is 0 Å². The summed E-state index contributed by atoms with van der Waals surface area (Å²) in [5.41, 5.74) is 0. The SMILES string of the molecule is CC1C(CO)CCN1S(=O)(=O)CC#N. The van der Waals surface area contributed by atoms with Crippen molar-refractivity contribution in [3.05, 3.63) is 0 Å². The number of rotatable bonds is 3. The zero-order valence-corrected chi connectivity index (χ0v) is 8.87. The fraction of sp³-hybridized carbons (Fsp3) is 0.875. The molecule has 1 heterocycles. The molecule has 0 aromatic rings. The molecule has 0 radical (unpaired) electrons. The molecule has 1 saturated heterocycles. The number of nitriles is 1. The zero-order valence-electron chi connectivity index (χ0n) is 8.05. The second-order valence-electron chi connectivity index (χ2n) is 3.50. The maximum absolute atomic E-state index is 11.5. The fourth-order valence-corrected chi connectivity index (χ4v) is 3.17. The molecule has 1 aliphatic heterocycles. The lowest BCUT2D eigenvalue weighted by Gasteiger charge is -2.21. The molecule has 0 aromatic heterocycles. The van der Waals surface area contributed by atoms with Gasteiger partial charge in [0.1, 0.15) is 0 Å². The topological polar surface area (TPSA) is 81.4 Å². The molecule has 6 heteroatoms. The third-order valence-electron chi connectivity index (χ3n) is 2.70. The third-order valence-corrected chi connectivity index (χ3v) is 4.42. The van der Waals surface area contributed by atoms with Crippen LogP contribution in [-0.2, 0) is 10.0 Å². The lowest BCUT2D eigenvalue weighted by atomic mass is 10.0. The average molecular weight is 218 g/mol. The Bertz CT molecular complexity index is 333. The van der Waals surface area contributed by atoms with E-state index in [1.54, 1.807) is 13.0 Å². The van der Waals surface area contributed by atoms with Gasteiger partial charge >= 0.3 is 0 Å². The molecule has 5 nitrogen and oxygen atoms in total. The molecule has 2 atom stereocenters. The van der Waals surface area contributed by atoms with E-state index in [4.69, 9.17) is 10.4 Å². The van der Waals surface area contributed by atoms with Gasteiger partial charge in [0, 0.05) is 19.2 Å². The first kappa shape index (κ1) is 11.4. The molecule has 0 aromatic carbocycles. The van der Waals surface area contributed by atoms with Gasteiger partial charge in [-0.2, -0.15) is 9.57 Å². The summed E-state index contributed by atoms with van der Waals surface area (Å²) in [5, 5.41) is 17.3. The molecule has 80 valence electrons. The second kappa shape index (κ2) is 4.26. The van der Waals surface area contributed by atoms with Crippen molar-refractivity contribution >= 4 is 10.0 Å². The van der Waals surface area contributed by atoms with Gasteiger partial charge < -0.3 is 5.11 Å². The molecule has 0 spiro atoms. The first-order valence-corrected chi connectivity index (χ1v) is 6.11. The van der Waals surface area contributed by atoms with Crippen molar-refractivity contribution < 1.29 is 13.5 Å². The molecular weight excluding hydrogens is 204 g/mol. The van der Waals surface area contributed by atoms with Crippen molar-refractivity contribution in [1.29, 1.82) is 5.26 Å².